The summed E-state index contributed by atoms with van der Waals surface area (Å²) >= 11 is 0. The van der Waals surface area contributed by atoms with Gasteiger partial charge in [-0.25, -0.2) is 9.97 Å². The average Bonchev–Trinajstić information content (AvgIpc) is 3.49. The topological polar surface area (TPSA) is 105 Å². The lowest BCUT2D eigenvalue weighted by Gasteiger charge is -2.39. The van der Waals surface area contributed by atoms with E-state index >= 15 is 0 Å². The molecule has 6 rings (SSSR count). The number of aromatic amines is 1. The molecule has 0 atom stereocenters. The summed E-state index contributed by atoms with van der Waals surface area (Å²) < 4.78 is 1.85. The highest BCUT2D eigenvalue weighted by Crippen LogP contribution is 2.40. The highest BCUT2D eigenvalue weighted by Gasteiger charge is 2.30. The van der Waals surface area contributed by atoms with Crippen LogP contribution in [0.3, 0.4) is 0 Å². The van der Waals surface area contributed by atoms with E-state index in [2.05, 4.69) is 56.4 Å². The molecule has 176 valence electrons. The molecule has 0 spiro atoms. The largest absolute Gasteiger partial charge is 0.355 e. The first kappa shape index (κ1) is 21.1. The Morgan fingerprint density at radius 3 is 2.76 bits per heavy atom. The first-order valence-corrected chi connectivity index (χ1v) is 12.1. The molecule has 1 aromatic carbocycles. The molecular formula is C25H31N9. The number of aromatic nitrogens is 6. The maximum absolute atomic E-state index is 5.98. The van der Waals surface area contributed by atoms with Crippen LogP contribution in [0.25, 0.3) is 22.3 Å². The summed E-state index contributed by atoms with van der Waals surface area (Å²) in [5, 5.41) is 12.2. The second kappa shape index (κ2) is 8.09. The van der Waals surface area contributed by atoms with Gasteiger partial charge in [-0.1, -0.05) is 19.1 Å². The summed E-state index contributed by atoms with van der Waals surface area (Å²) in [7, 11) is 1.95. The van der Waals surface area contributed by atoms with Crippen LogP contribution in [-0.4, -0.2) is 56.1 Å². The van der Waals surface area contributed by atoms with Gasteiger partial charge in [0.15, 0.2) is 17.0 Å². The molecule has 1 saturated heterocycles. The summed E-state index contributed by atoms with van der Waals surface area (Å²) in [4.78, 5) is 14.3. The molecule has 9 heteroatoms. The van der Waals surface area contributed by atoms with Crippen molar-refractivity contribution >= 4 is 28.5 Å². The summed E-state index contributed by atoms with van der Waals surface area (Å²) in [5.74, 6) is 1.74. The van der Waals surface area contributed by atoms with Gasteiger partial charge in [0.2, 0.25) is 0 Å². The minimum atomic E-state index is 0.228. The van der Waals surface area contributed by atoms with Crippen molar-refractivity contribution in [3.05, 3.63) is 42.4 Å². The molecule has 0 aliphatic carbocycles. The van der Waals surface area contributed by atoms with E-state index in [9.17, 15) is 0 Å². The third kappa shape index (κ3) is 3.51. The van der Waals surface area contributed by atoms with E-state index < -0.39 is 0 Å². The summed E-state index contributed by atoms with van der Waals surface area (Å²) in [6, 6.07) is 6.48. The Kier molecular flexibility index (Phi) is 5.02. The Morgan fingerprint density at radius 1 is 1.15 bits per heavy atom. The van der Waals surface area contributed by atoms with Gasteiger partial charge in [-0.2, -0.15) is 10.2 Å². The second-order valence-electron chi connectivity index (χ2n) is 9.94. The number of H-pyrrole nitrogens is 1. The standard InChI is InChI=1S/C25H31N9/c1-25(16-26)8-11-33(12-9-25)21-14-27-22-23(29-21)30-31-24(22)34-10-4-6-19-18(5-3-7-20(19)34)17-13-28-32(2)15-17/h3,5,7,13-15H,4,6,8-12,16,26H2,1-2H3,(H,29,30,31). The summed E-state index contributed by atoms with van der Waals surface area (Å²) in [6.07, 6.45) is 10.1. The lowest BCUT2D eigenvalue weighted by molar-refractivity contribution is 0.258. The van der Waals surface area contributed by atoms with Crippen molar-refractivity contribution in [1.82, 2.24) is 29.9 Å². The maximum Gasteiger partial charge on any atom is 0.183 e. The lowest BCUT2D eigenvalue weighted by atomic mass is 9.80. The van der Waals surface area contributed by atoms with Crippen LogP contribution in [0.1, 0.15) is 31.7 Å². The molecule has 2 aliphatic rings. The molecule has 4 aromatic rings. The van der Waals surface area contributed by atoms with Gasteiger partial charge < -0.3 is 15.5 Å². The quantitative estimate of drug-likeness (QED) is 0.484. The third-order valence-electron chi connectivity index (χ3n) is 7.55. The Bertz CT molecular complexity index is 1330. The highest BCUT2D eigenvalue weighted by atomic mass is 15.3. The number of benzene rings is 1. The number of anilines is 3. The smallest absolute Gasteiger partial charge is 0.183 e. The van der Waals surface area contributed by atoms with Gasteiger partial charge in [0.05, 0.1) is 12.4 Å². The molecule has 3 aromatic heterocycles. The molecule has 5 heterocycles. The zero-order chi connectivity index (χ0) is 23.3. The van der Waals surface area contributed by atoms with Crippen molar-refractivity contribution in [3.8, 4) is 11.1 Å². The zero-order valence-electron chi connectivity index (χ0n) is 19.8. The van der Waals surface area contributed by atoms with Crippen LogP contribution in [0.15, 0.2) is 36.8 Å². The Hall–Kier alpha value is -3.46. The SMILES string of the molecule is Cn1cc(-c2cccc3c2CCCN3c2n[nH]c3nc(N4CCC(C)(CN)CC4)cnc23)cn1. The first-order chi connectivity index (χ1) is 16.5. The average molecular weight is 458 g/mol. The minimum Gasteiger partial charge on any atom is -0.355 e. The van der Waals surface area contributed by atoms with Crippen molar-refractivity contribution < 1.29 is 0 Å². The van der Waals surface area contributed by atoms with Crippen LogP contribution in [-0.2, 0) is 13.5 Å². The lowest BCUT2D eigenvalue weighted by Crippen LogP contribution is -2.42. The van der Waals surface area contributed by atoms with E-state index in [1.807, 2.05) is 24.1 Å². The molecule has 0 unspecified atom stereocenters. The van der Waals surface area contributed by atoms with Crippen molar-refractivity contribution in [2.75, 3.05) is 36.0 Å². The Balaban J connectivity index is 1.32. The van der Waals surface area contributed by atoms with Crippen LogP contribution in [0.4, 0.5) is 17.3 Å². The van der Waals surface area contributed by atoms with E-state index in [1.54, 1.807) is 0 Å². The molecule has 0 amide bonds. The molecule has 9 nitrogen and oxygen atoms in total. The highest BCUT2D eigenvalue weighted by molar-refractivity contribution is 5.89. The van der Waals surface area contributed by atoms with E-state index in [0.29, 0.717) is 0 Å². The van der Waals surface area contributed by atoms with Crippen LogP contribution >= 0.6 is 0 Å². The molecular weight excluding hydrogens is 426 g/mol. The number of piperidine rings is 1. The van der Waals surface area contributed by atoms with Crippen molar-refractivity contribution in [1.29, 1.82) is 0 Å². The third-order valence-corrected chi connectivity index (χ3v) is 7.55. The fraction of sp³-hybridized carbons (Fsp3) is 0.440. The van der Waals surface area contributed by atoms with Crippen LogP contribution in [0.2, 0.25) is 0 Å². The van der Waals surface area contributed by atoms with E-state index in [-0.39, 0.29) is 5.41 Å². The fourth-order valence-corrected chi connectivity index (χ4v) is 5.28. The van der Waals surface area contributed by atoms with Gasteiger partial charge >= 0.3 is 0 Å². The normalized spacial score (nSPS) is 17.9. The van der Waals surface area contributed by atoms with Gasteiger partial charge in [-0.05, 0) is 54.8 Å². The minimum absolute atomic E-state index is 0.228. The van der Waals surface area contributed by atoms with Crippen molar-refractivity contribution in [2.24, 2.45) is 18.2 Å². The van der Waals surface area contributed by atoms with Gasteiger partial charge in [-0.3, -0.25) is 9.78 Å². The van der Waals surface area contributed by atoms with Gasteiger partial charge in [0.25, 0.3) is 0 Å². The fourth-order valence-electron chi connectivity index (χ4n) is 5.28. The molecule has 0 bridgehead atoms. The van der Waals surface area contributed by atoms with Gasteiger partial charge in [0, 0.05) is 44.1 Å². The van der Waals surface area contributed by atoms with E-state index in [1.165, 1.54) is 16.8 Å². The summed E-state index contributed by atoms with van der Waals surface area (Å²) in [5.41, 5.74) is 12.6. The number of hydrogen-bond acceptors (Lipinski definition) is 7. The monoisotopic (exact) mass is 457 g/mol. The number of nitrogens with two attached hydrogens (primary N) is 1. The number of fused-ring (bicyclic) bond motifs is 2. The van der Waals surface area contributed by atoms with Crippen molar-refractivity contribution in [3.63, 3.8) is 0 Å². The molecule has 0 saturated carbocycles. The maximum atomic E-state index is 5.98. The molecule has 3 N–H and O–H groups in total. The Labute approximate surface area is 199 Å². The van der Waals surface area contributed by atoms with Gasteiger partial charge in [-0.15, -0.1) is 0 Å². The second-order valence-corrected chi connectivity index (χ2v) is 9.94. The molecule has 34 heavy (non-hydrogen) atoms. The van der Waals surface area contributed by atoms with Gasteiger partial charge in [0.1, 0.15) is 5.82 Å². The summed E-state index contributed by atoms with van der Waals surface area (Å²) in [6.45, 7) is 5.81. The van der Waals surface area contributed by atoms with Crippen LogP contribution < -0.4 is 15.5 Å². The molecule has 2 aliphatic heterocycles. The Morgan fingerprint density at radius 2 is 2.00 bits per heavy atom. The van der Waals surface area contributed by atoms with Crippen molar-refractivity contribution in [2.45, 2.75) is 32.6 Å². The first-order valence-electron chi connectivity index (χ1n) is 12.1. The van der Waals surface area contributed by atoms with Crippen LogP contribution in [0, 0.1) is 5.41 Å². The predicted molar refractivity (Wildman–Crippen MR) is 134 cm³/mol. The number of hydrogen-bond donors (Lipinski definition) is 2. The van der Waals surface area contributed by atoms with E-state index in [0.717, 1.165) is 80.2 Å². The zero-order valence-corrected chi connectivity index (χ0v) is 19.8. The number of nitrogens with zero attached hydrogens (tertiary/aromatic N) is 7. The number of nitrogens with one attached hydrogen (secondary N) is 1. The molecule has 1 fully saturated rings. The number of aryl methyl sites for hydroxylation is 1. The van der Waals surface area contributed by atoms with E-state index in [4.69, 9.17) is 15.7 Å². The van der Waals surface area contributed by atoms with Crippen LogP contribution in [0.5, 0.6) is 0 Å². The number of rotatable bonds is 4. The molecule has 0 radical (unpaired) electrons. The predicted octanol–water partition coefficient (Wildman–Crippen LogP) is 3.40.